The standard InChI is InChI=1S/C77H101N19O22S2/c1-39(99)64(75(115)85-35-61(103)86-55(77(117)118)27-42-16-8-5-9-17-42)95-73(113)57(37-98)94-71(111)54(30-60(80)102)92-68(108)50(24-25-120-3)89-69(109)53(29-44-32-82-49-21-13-11-19-46(44)49)93-76(116)65(40(2)100)96-74(114)58(38-119)88-63(105)34-84-67(107)51(26-41-14-6-4-7-15-41)90-70(110)52(28-43-31-81-48-20-12-10-18-45(43)48)91-72(112)56(36-97)87-62(104)33-83-66(106)47(78)22-23-59(79)101/h4-21,31-32,39-40,47,50-58,64-65,81-82,97-100,119H,22-30,33-38,78H2,1-3H3,(H2,79,101)(H2,80,102)(H,83,106)(H,84,107)(H,85,115)(H,86,103)(H,87,104)(H,88,105)(H,89,109)(H,90,110)(H,91,112)(H,92,108)(H,93,116)(H,94,111)(H,95,113)(H,96,114)(H,117,118)/t39-,40-,47+,50+,51+,52+,53+,54+,55+,56+,57+,58+,64+,65+/m1/s1. The van der Waals surface area contributed by atoms with Crippen LogP contribution in [0.25, 0.3) is 21.8 Å². The second-order valence-electron chi connectivity index (χ2n) is 27.8. The molecule has 0 aliphatic rings. The second-order valence-corrected chi connectivity index (χ2v) is 29.1. The van der Waals surface area contributed by atoms with Gasteiger partial charge >= 0.3 is 5.97 Å². The van der Waals surface area contributed by atoms with Crippen LogP contribution in [0.2, 0.25) is 0 Å². The number of hydrogen-bond acceptors (Lipinski definition) is 24. The van der Waals surface area contributed by atoms with Crippen LogP contribution in [0, 0.1) is 0 Å². The van der Waals surface area contributed by atoms with Crippen molar-refractivity contribution in [1.29, 1.82) is 0 Å². The molecule has 27 N–H and O–H groups in total. The predicted molar refractivity (Wildman–Crippen MR) is 437 cm³/mol. The fraction of sp³-hybridized carbons (Fsp3) is 0.416. The van der Waals surface area contributed by atoms with Crippen LogP contribution in [0.15, 0.2) is 122 Å². The Morgan fingerprint density at radius 1 is 0.408 bits per heavy atom. The van der Waals surface area contributed by atoms with Crippen LogP contribution in [0.4, 0.5) is 0 Å². The van der Waals surface area contributed by atoms with Crippen molar-refractivity contribution in [2.75, 3.05) is 50.6 Å². The third kappa shape index (κ3) is 30.7. The fourth-order valence-electron chi connectivity index (χ4n) is 12.0. The van der Waals surface area contributed by atoms with E-state index in [2.05, 4.69) is 97.0 Å². The van der Waals surface area contributed by atoms with Gasteiger partial charge in [0.05, 0.1) is 57.5 Å². The number of nitrogens with one attached hydrogen (secondary N) is 16. The molecule has 0 spiro atoms. The Labute approximate surface area is 696 Å². The zero-order valence-corrected chi connectivity index (χ0v) is 67.2. The molecule has 14 atom stereocenters. The largest absolute Gasteiger partial charge is 0.480 e. The average molecular weight is 1710 g/mol. The number of para-hydroxylation sites is 2. The molecule has 0 saturated carbocycles. The summed E-state index contributed by atoms with van der Waals surface area (Å²) in [6.07, 6.45) is -1.10. The molecule has 6 rings (SSSR count). The van der Waals surface area contributed by atoms with Gasteiger partial charge in [-0.3, -0.25) is 76.7 Å². The molecule has 6 aromatic rings. The van der Waals surface area contributed by atoms with Gasteiger partial charge in [-0.25, -0.2) is 4.79 Å². The van der Waals surface area contributed by atoms with Crippen molar-refractivity contribution in [3.8, 4) is 0 Å². The van der Waals surface area contributed by atoms with Crippen LogP contribution in [0.5, 0.6) is 0 Å². The lowest BCUT2D eigenvalue weighted by Gasteiger charge is -2.28. The Morgan fingerprint density at radius 2 is 0.775 bits per heavy atom. The molecule has 0 radical (unpaired) electrons. The zero-order valence-electron chi connectivity index (χ0n) is 65.5. The number of carbonyl (C=O) groups is 17. The van der Waals surface area contributed by atoms with E-state index in [-0.39, 0.29) is 50.7 Å². The van der Waals surface area contributed by atoms with E-state index < -0.39 is 230 Å². The minimum Gasteiger partial charge on any atom is -0.480 e. The van der Waals surface area contributed by atoms with Gasteiger partial charge in [0.1, 0.15) is 66.5 Å². The molecule has 0 bridgehead atoms. The maximum absolute atomic E-state index is 14.8. The van der Waals surface area contributed by atoms with Gasteiger partial charge in [-0.05, 0) is 73.1 Å². The first-order valence-corrected chi connectivity index (χ1v) is 39.7. The number of hydrogen-bond donors (Lipinski definition) is 25. The summed E-state index contributed by atoms with van der Waals surface area (Å²) < 4.78 is 0. The number of thioether (sulfide) groups is 1. The summed E-state index contributed by atoms with van der Waals surface area (Å²) >= 11 is 5.45. The van der Waals surface area contributed by atoms with E-state index in [1.807, 2.05) is 0 Å². The highest BCUT2D eigenvalue weighted by Crippen LogP contribution is 2.22. The normalized spacial score (nSPS) is 14.6. The summed E-state index contributed by atoms with van der Waals surface area (Å²) in [6.45, 7) is -2.43. The van der Waals surface area contributed by atoms with E-state index in [9.17, 15) is 107 Å². The summed E-state index contributed by atoms with van der Waals surface area (Å²) in [5.74, 6) is -18.7. The van der Waals surface area contributed by atoms with E-state index in [0.29, 0.717) is 44.1 Å². The molecule has 0 fully saturated rings. The molecular weight excluding hydrogens is 1610 g/mol. The lowest BCUT2D eigenvalue weighted by atomic mass is 10.0. The quantitative estimate of drug-likeness (QED) is 0.0158. The molecule has 43 heteroatoms. The van der Waals surface area contributed by atoms with Gasteiger partial charge in [0, 0.05) is 72.1 Å². The Bertz CT molecular complexity index is 4590. The minimum atomic E-state index is -1.98. The van der Waals surface area contributed by atoms with Gasteiger partial charge < -0.3 is 127 Å². The van der Waals surface area contributed by atoms with Crippen molar-refractivity contribution >= 4 is 147 Å². The number of aromatic amines is 2. The van der Waals surface area contributed by atoms with Crippen LogP contribution in [-0.2, 0) is 107 Å². The van der Waals surface area contributed by atoms with E-state index in [1.165, 1.54) is 18.0 Å². The number of carboxylic acid groups (broad SMARTS) is 1. The molecule has 120 heavy (non-hydrogen) atoms. The number of aliphatic hydroxyl groups excluding tert-OH is 4. The third-order valence-electron chi connectivity index (χ3n) is 18.5. The molecule has 41 nitrogen and oxygen atoms in total. The second kappa shape index (κ2) is 48.4. The molecule has 0 aliphatic heterocycles. The van der Waals surface area contributed by atoms with Crippen LogP contribution in [0.1, 0.15) is 61.8 Å². The smallest absolute Gasteiger partial charge is 0.326 e. The third-order valence-corrected chi connectivity index (χ3v) is 19.5. The molecule has 0 aliphatic carbocycles. The number of carboxylic acids is 1. The summed E-state index contributed by atoms with van der Waals surface area (Å²) in [7, 11) is 0. The topological polar surface area (TPSA) is 669 Å². The fourth-order valence-corrected chi connectivity index (χ4v) is 12.8. The summed E-state index contributed by atoms with van der Waals surface area (Å²) in [4.78, 5) is 235. The van der Waals surface area contributed by atoms with Gasteiger partial charge in [0.2, 0.25) is 94.5 Å². The lowest BCUT2D eigenvalue weighted by molar-refractivity contribution is -0.142. The molecule has 16 amide bonds. The van der Waals surface area contributed by atoms with Crippen LogP contribution >= 0.6 is 24.4 Å². The van der Waals surface area contributed by atoms with E-state index in [4.69, 9.17) is 17.2 Å². The number of rotatable bonds is 50. The summed E-state index contributed by atoms with van der Waals surface area (Å²) in [6, 6.07) is 10.3. The first kappa shape index (κ1) is 96.3. The van der Waals surface area contributed by atoms with Gasteiger partial charge in [-0.1, -0.05) is 97.1 Å². The first-order chi connectivity index (χ1) is 57.1. The van der Waals surface area contributed by atoms with E-state index >= 15 is 0 Å². The van der Waals surface area contributed by atoms with Gasteiger partial charge in [-0.15, -0.1) is 0 Å². The van der Waals surface area contributed by atoms with Crippen molar-refractivity contribution in [1.82, 2.24) is 84.4 Å². The van der Waals surface area contributed by atoms with Gasteiger partial charge in [-0.2, -0.15) is 24.4 Å². The number of nitrogens with two attached hydrogens (primary N) is 3. The number of thiol groups is 1. The Morgan fingerprint density at radius 3 is 1.24 bits per heavy atom. The number of amides is 16. The summed E-state index contributed by atoms with van der Waals surface area (Å²) in [5, 5.41) is 86.2. The monoisotopic (exact) mass is 1710 g/mol. The number of fused-ring (bicyclic) bond motifs is 2. The van der Waals surface area contributed by atoms with Crippen LogP contribution in [0.3, 0.4) is 0 Å². The molecule has 0 saturated heterocycles. The van der Waals surface area contributed by atoms with Crippen LogP contribution in [-0.4, -0.2) is 271 Å². The zero-order chi connectivity index (χ0) is 88.3. The minimum absolute atomic E-state index is 0.115. The predicted octanol–water partition coefficient (Wildman–Crippen LogP) is -7.42. The molecule has 2 heterocycles. The average Bonchev–Trinajstić information content (AvgIpc) is 1.66. The summed E-state index contributed by atoms with van der Waals surface area (Å²) in [5.41, 5.74) is 19.7. The number of benzene rings is 4. The Kier molecular flexibility index (Phi) is 38.8. The van der Waals surface area contributed by atoms with Gasteiger partial charge in [0.25, 0.3) is 0 Å². The SMILES string of the molecule is CSCC[C@H](NC(=O)[C@H](Cc1c[nH]c2ccccc12)NC(=O)[C@@H](NC(=O)[C@H](CS)NC(=O)CNC(=O)[C@H](Cc1ccccc1)NC(=O)[C@H](Cc1c[nH]c2ccccc12)NC(=O)[C@H](CO)NC(=O)CNC(=O)[C@@H](N)CCC(N)=O)[C@@H](C)O)C(=O)N[C@@H](CC(N)=O)C(=O)N[C@@H](CO)C(=O)N[C@H](C(=O)NCC(=O)N[C@@H](Cc1ccccc1)C(=O)O)[C@@H](C)O. The van der Waals surface area contributed by atoms with Crippen molar-refractivity contribution in [2.24, 2.45) is 17.2 Å². The van der Waals surface area contributed by atoms with Crippen molar-refractivity contribution in [3.63, 3.8) is 0 Å². The highest BCUT2D eigenvalue weighted by molar-refractivity contribution is 7.98. The number of aliphatic carboxylic acids is 1. The highest BCUT2D eigenvalue weighted by Gasteiger charge is 2.38. The van der Waals surface area contributed by atoms with Crippen molar-refractivity contribution in [2.45, 2.75) is 150 Å². The van der Waals surface area contributed by atoms with E-state index in [1.54, 1.807) is 122 Å². The van der Waals surface area contributed by atoms with Crippen molar-refractivity contribution < 1.29 is 107 Å². The number of aliphatic hydroxyl groups is 4. The van der Waals surface area contributed by atoms with Gasteiger partial charge in [0.15, 0.2) is 0 Å². The van der Waals surface area contributed by atoms with E-state index in [0.717, 1.165) is 13.8 Å². The maximum Gasteiger partial charge on any atom is 0.326 e. The maximum atomic E-state index is 14.8. The Balaban J connectivity index is 1.13. The number of primary amides is 2. The molecule has 648 valence electrons. The number of carbonyl (C=O) groups excluding carboxylic acids is 16. The van der Waals surface area contributed by atoms with Crippen molar-refractivity contribution in [3.05, 3.63) is 144 Å². The number of H-pyrrole nitrogens is 2. The Hall–Kier alpha value is -12.5. The lowest BCUT2D eigenvalue weighted by Crippen LogP contribution is -2.62. The molecule has 4 aromatic carbocycles. The van der Waals surface area contributed by atoms with Crippen LogP contribution < -0.4 is 91.6 Å². The molecular formula is C77H101N19O22S2. The molecule has 2 aromatic heterocycles. The highest BCUT2D eigenvalue weighted by atomic mass is 32.2. The molecule has 0 unspecified atom stereocenters. The number of aromatic nitrogens is 2. The first-order valence-electron chi connectivity index (χ1n) is 37.7.